The smallest absolute Gasteiger partial charge is 0.132 e. The molecule has 0 radical (unpaired) electrons. The first-order valence-corrected chi connectivity index (χ1v) is 10.1. The van der Waals surface area contributed by atoms with Crippen molar-refractivity contribution in [2.75, 3.05) is 0 Å². The molecule has 0 N–H and O–H groups in total. The van der Waals surface area contributed by atoms with Crippen molar-refractivity contribution in [3.05, 3.63) is 12.2 Å². The lowest BCUT2D eigenvalue weighted by Gasteiger charge is -2.29. The first-order chi connectivity index (χ1) is 10.9. The summed E-state index contributed by atoms with van der Waals surface area (Å²) in [4.78, 5) is 11.9. The van der Waals surface area contributed by atoms with Crippen LogP contribution in [0.25, 0.3) is 0 Å². The first kappa shape index (κ1) is 20.5. The summed E-state index contributed by atoms with van der Waals surface area (Å²) in [6, 6.07) is 0. The van der Waals surface area contributed by atoms with Crippen molar-refractivity contribution in [3.63, 3.8) is 0 Å². The predicted octanol–water partition coefficient (Wildman–Crippen LogP) is 6.82. The van der Waals surface area contributed by atoms with E-state index in [4.69, 9.17) is 0 Å². The molecule has 0 heterocycles. The van der Waals surface area contributed by atoms with Gasteiger partial charge in [-0.25, -0.2) is 0 Å². The maximum Gasteiger partial charge on any atom is 0.132 e. The van der Waals surface area contributed by atoms with Gasteiger partial charge in [-0.3, -0.25) is 4.79 Å². The lowest BCUT2D eigenvalue weighted by Crippen LogP contribution is -2.20. The Morgan fingerprint density at radius 1 is 1.04 bits per heavy atom. The molecule has 0 aliphatic heterocycles. The van der Waals surface area contributed by atoms with Gasteiger partial charge in [0.25, 0.3) is 0 Å². The molecule has 1 aliphatic rings. The van der Waals surface area contributed by atoms with Gasteiger partial charge in [0.15, 0.2) is 0 Å². The minimum atomic E-state index is 0.471. The molecule has 4 atom stereocenters. The number of rotatable bonds is 11. The summed E-state index contributed by atoms with van der Waals surface area (Å²) in [6.07, 6.45) is 15.1. The van der Waals surface area contributed by atoms with Crippen molar-refractivity contribution in [1.29, 1.82) is 0 Å². The number of carbonyl (C=O) groups is 1. The summed E-state index contributed by atoms with van der Waals surface area (Å²) >= 11 is 0. The zero-order chi connectivity index (χ0) is 17.2. The number of ketones is 1. The van der Waals surface area contributed by atoms with E-state index in [0.717, 1.165) is 49.4 Å². The van der Waals surface area contributed by atoms with Gasteiger partial charge >= 0.3 is 0 Å². The third kappa shape index (κ3) is 8.72. The Morgan fingerprint density at radius 3 is 2.39 bits per heavy atom. The van der Waals surface area contributed by atoms with Crippen molar-refractivity contribution >= 4 is 5.78 Å². The molecule has 1 heteroatoms. The lowest BCUT2D eigenvalue weighted by atomic mass is 9.76. The third-order valence-electron chi connectivity index (χ3n) is 5.94. The molecule has 0 amide bonds. The molecule has 0 saturated heterocycles. The Labute approximate surface area is 145 Å². The quantitative estimate of drug-likeness (QED) is 0.382. The van der Waals surface area contributed by atoms with E-state index in [1.807, 2.05) is 0 Å². The summed E-state index contributed by atoms with van der Waals surface area (Å²) in [6.45, 7) is 11.6. The van der Waals surface area contributed by atoms with Gasteiger partial charge < -0.3 is 0 Å². The molecule has 1 rings (SSSR count). The fourth-order valence-corrected chi connectivity index (χ4v) is 3.79. The largest absolute Gasteiger partial charge is 0.300 e. The van der Waals surface area contributed by atoms with Gasteiger partial charge in [-0.05, 0) is 68.1 Å². The summed E-state index contributed by atoms with van der Waals surface area (Å²) in [7, 11) is 0. The number of hydrogen-bond donors (Lipinski definition) is 0. The topological polar surface area (TPSA) is 17.1 Å². The van der Waals surface area contributed by atoms with Crippen LogP contribution in [0.4, 0.5) is 0 Å². The average Bonchev–Trinajstić information content (AvgIpc) is 2.53. The van der Waals surface area contributed by atoms with Crippen molar-refractivity contribution < 1.29 is 4.79 Å². The van der Waals surface area contributed by atoms with Crippen LogP contribution in [-0.2, 0) is 4.79 Å². The number of allylic oxidation sites excluding steroid dienone is 2. The second-order valence-corrected chi connectivity index (χ2v) is 8.53. The molecule has 23 heavy (non-hydrogen) atoms. The van der Waals surface area contributed by atoms with Gasteiger partial charge in [0.1, 0.15) is 5.78 Å². The van der Waals surface area contributed by atoms with Gasteiger partial charge in [0.2, 0.25) is 0 Å². The van der Waals surface area contributed by atoms with Crippen LogP contribution in [-0.4, -0.2) is 5.78 Å². The van der Waals surface area contributed by atoms with E-state index in [1.165, 1.54) is 32.1 Å². The zero-order valence-corrected chi connectivity index (χ0v) is 16.3. The van der Waals surface area contributed by atoms with Crippen LogP contribution in [0, 0.1) is 29.6 Å². The molecule has 1 aliphatic carbocycles. The predicted molar refractivity (Wildman–Crippen MR) is 102 cm³/mol. The minimum Gasteiger partial charge on any atom is -0.300 e. The van der Waals surface area contributed by atoms with Gasteiger partial charge in [0, 0.05) is 12.8 Å². The van der Waals surface area contributed by atoms with Crippen LogP contribution in [0.3, 0.4) is 0 Å². The molecule has 0 fully saturated rings. The Hall–Kier alpha value is -0.590. The average molecular weight is 321 g/mol. The molecule has 1 unspecified atom stereocenters. The second kappa shape index (κ2) is 11.0. The van der Waals surface area contributed by atoms with Crippen LogP contribution in [0.1, 0.15) is 92.4 Å². The highest BCUT2D eigenvalue weighted by molar-refractivity contribution is 5.78. The van der Waals surface area contributed by atoms with E-state index in [-0.39, 0.29) is 0 Å². The van der Waals surface area contributed by atoms with Crippen molar-refractivity contribution in [2.45, 2.75) is 92.4 Å². The van der Waals surface area contributed by atoms with Crippen LogP contribution >= 0.6 is 0 Å². The zero-order valence-electron chi connectivity index (χ0n) is 16.3. The van der Waals surface area contributed by atoms with Crippen LogP contribution < -0.4 is 0 Å². The molecule has 0 saturated carbocycles. The molecule has 0 aromatic carbocycles. The first-order valence-electron chi connectivity index (χ1n) is 10.1. The van der Waals surface area contributed by atoms with Crippen LogP contribution in [0.2, 0.25) is 0 Å². The molecular formula is C22H40O. The third-order valence-corrected chi connectivity index (χ3v) is 5.94. The normalized spacial score (nSPS) is 22.1. The fraction of sp³-hybridized carbons (Fsp3) is 0.864. The molecule has 1 nitrogen and oxygen atoms in total. The van der Waals surface area contributed by atoms with Gasteiger partial charge in [-0.15, -0.1) is 0 Å². The Bertz CT molecular complexity index is 355. The van der Waals surface area contributed by atoms with Gasteiger partial charge in [-0.1, -0.05) is 53.2 Å². The summed E-state index contributed by atoms with van der Waals surface area (Å²) in [5.41, 5.74) is 0. The number of carbonyl (C=O) groups excluding carboxylic acids is 1. The van der Waals surface area contributed by atoms with Crippen molar-refractivity contribution in [3.8, 4) is 0 Å². The van der Waals surface area contributed by atoms with Gasteiger partial charge in [0.05, 0.1) is 0 Å². The summed E-state index contributed by atoms with van der Waals surface area (Å²) in [5.74, 6) is 4.21. The van der Waals surface area contributed by atoms with E-state index < -0.39 is 0 Å². The van der Waals surface area contributed by atoms with Crippen molar-refractivity contribution in [1.82, 2.24) is 0 Å². The van der Waals surface area contributed by atoms with E-state index in [1.54, 1.807) is 0 Å². The highest BCUT2D eigenvalue weighted by atomic mass is 16.1. The molecular weight excluding hydrogens is 280 g/mol. The second-order valence-electron chi connectivity index (χ2n) is 8.53. The van der Waals surface area contributed by atoms with E-state index in [2.05, 4.69) is 46.8 Å². The molecule has 0 bridgehead atoms. The van der Waals surface area contributed by atoms with Crippen LogP contribution in [0.5, 0.6) is 0 Å². The highest BCUT2D eigenvalue weighted by Crippen LogP contribution is 2.32. The molecule has 0 spiro atoms. The summed E-state index contributed by atoms with van der Waals surface area (Å²) in [5, 5.41) is 0. The lowest BCUT2D eigenvalue weighted by molar-refractivity contribution is -0.119. The Kier molecular flexibility index (Phi) is 9.83. The number of hydrogen-bond acceptors (Lipinski definition) is 1. The fourth-order valence-electron chi connectivity index (χ4n) is 3.79. The van der Waals surface area contributed by atoms with E-state index >= 15 is 0 Å². The Balaban J connectivity index is 2.21. The van der Waals surface area contributed by atoms with E-state index in [0.29, 0.717) is 11.7 Å². The molecule has 0 aromatic heterocycles. The molecule has 134 valence electrons. The highest BCUT2D eigenvalue weighted by Gasteiger charge is 2.22. The molecule has 0 aromatic rings. The van der Waals surface area contributed by atoms with Crippen LogP contribution in [0.15, 0.2) is 12.2 Å². The van der Waals surface area contributed by atoms with Gasteiger partial charge in [-0.2, -0.15) is 0 Å². The Morgan fingerprint density at radius 2 is 1.78 bits per heavy atom. The summed E-state index contributed by atoms with van der Waals surface area (Å²) < 4.78 is 0. The SMILES string of the molecule is CC(C)CCC(=O)CCCC(C)[C@H](C)[C@@H](C)C[C@H]1C=CCCC1. The monoisotopic (exact) mass is 320 g/mol. The van der Waals surface area contributed by atoms with Crippen molar-refractivity contribution in [2.24, 2.45) is 29.6 Å². The maximum atomic E-state index is 11.9. The number of Topliss-reactive ketones (excluding diaryl/α,β-unsaturated/α-hetero) is 1. The minimum absolute atomic E-state index is 0.471. The van der Waals surface area contributed by atoms with E-state index in [9.17, 15) is 4.79 Å². The standard InChI is InChI=1S/C22H40O/c1-17(2)14-15-22(23)13-9-10-18(3)20(5)19(4)16-21-11-7-6-8-12-21/h7,11,17-21H,6,8-10,12-16H2,1-5H3/t18?,19-,20-,21-/m0/s1. The maximum absolute atomic E-state index is 11.9.